The van der Waals surface area contributed by atoms with Crippen LogP contribution in [0.25, 0.3) is 21.8 Å². The molecule has 2 aromatic carbocycles. The molecule has 0 saturated heterocycles. The molecular weight excluding hydrogens is 399 g/mol. The third-order valence-corrected chi connectivity index (χ3v) is 4.77. The number of nitrogens with zero attached hydrogens (tertiary/aromatic N) is 2. The summed E-state index contributed by atoms with van der Waals surface area (Å²) in [6.07, 6.45) is 3.95. The fraction of sp³-hybridized carbons (Fsp3) is 0.222. The van der Waals surface area contributed by atoms with E-state index in [-0.39, 0.29) is 0 Å². The Balaban J connectivity index is 0.000000136. The molecule has 2 aromatic heterocycles. The second-order valence-corrected chi connectivity index (χ2v) is 6.39. The Bertz CT molecular complexity index is 923. The highest BCUT2D eigenvalue weighted by molar-refractivity contribution is 14.1. The standard InChI is InChI=1S/C9H9IN2.C9H10N2/c1-2-6-4-3-5-7-8(6)11-12-9(7)10;1-2-7-4-3-5-8-6-10-11-9(7)8/h3-5H,2H2,1H3,(H,11,12);3-6H,2H2,1H3,(H,10,11). The van der Waals surface area contributed by atoms with Crippen molar-refractivity contribution >= 4 is 44.4 Å². The molecule has 0 saturated carbocycles. The summed E-state index contributed by atoms with van der Waals surface area (Å²) in [5, 5.41) is 16.6. The van der Waals surface area contributed by atoms with Crippen LogP contribution in [0.5, 0.6) is 0 Å². The van der Waals surface area contributed by atoms with Gasteiger partial charge in [-0.25, -0.2) is 0 Å². The molecule has 0 aliphatic heterocycles. The lowest BCUT2D eigenvalue weighted by Crippen LogP contribution is -1.81. The summed E-state index contributed by atoms with van der Waals surface area (Å²) in [6.45, 7) is 4.30. The van der Waals surface area contributed by atoms with E-state index < -0.39 is 0 Å². The molecule has 0 amide bonds. The van der Waals surface area contributed by atoms with Crippen molar-refractivity contribution in [3.8, 4) is 0 Å². The Morgan fingerprint density at radius 1 is 0.957 bits per heavy atom. The van der Waals surface area contributed by atoms with Crippen molar-refractivity contribution < 1.29 is 0 Å². The summed E-state index contributed by atoms with van der Waals surface area (Å²) in [5.74, 6) is 0. The molecule has 0 radical (unpaired) electrons. The molecule has 0 bridgehead atoms. The molecule has 0 spiro atoms. The number of aryl methyl sites for hydroxylation is 2. The SMILES string of the molecule is CCc1cccc2c(I)[nH]nc12.CCc1cccc2cn[nH]c12. The highest BCUT2D eigenvalue weighted by Gasteiger charge is 2.04. The molecule has 23 heavy (non-hydrogen) atoms. The number of nitrogens with one attached hydrogen (secondary N) is 2. The summed E-state index contributed by atoms with van der Waals surface area (Å²) in [6, 6.07) is 12.6. The predicted molar refractivity (Wildman–Crippen MR) is 104 cm³/mol. The summed E-state index contributed by atoms with van der Waals surface area (Å²) in [7, 11) is 0. The van der Waals surface area contributed by atoms with Crippen LogP contribution in [0, 0.1) is 3.70 Å². The zero-order chi connectivity index (χ0) is 16.2. The Kier molecular flexibility index (Phi) is 4.95. The van der Waals surface area contributed by atoms with Crippen molar-refractivity contribution in [2.75, 3.05) is 0 Å². The van der Waals surface area contributed by atoms with E-state index in [0.29, 0.717) is 0 Å². The van der Waals surface area contributed by atoms with Crippen molar-refractivity contribution in [3.63, 3.8) is 0 Å². The van der Waals surface area contributed by atoms with Gasteiger partial charge in [0.2, 0.25) is 0 Å². The van der Waals surface area contributed by atoms with Gasteiger partial charge < -0.3 is 0 Å². The fourth-order valence-electron chi connectivity index (χ4n) is 2.68. The average molecular weight is 418 g/mol. The van der Waals surface area contributed by atoms with E-state index in [1.807, 2.05) is 6.20 Å². The number of aromatic amines is 2. The van der Waals surface area contributed by atoms with Crippen LogP contribution in [0.2, 0.25) is 0 Å². The van der Waals surface area contributed by atoms with E-state index in [2.05, 4.69) is 93.2 Å². The maximum Gasteiger partial charge on any atom is 0.104 e. The maximum absolute atomic E-state index is 4.26. The molecule has 0 atom stereocenters. The van der Waals surface area contributed by atoms with Gasteiger partial charge >= 0.3 is 0 Å². The van der Waals surface area contributed by atoms with Crippen LogP contribution in [0.3, 0.4) is 0 Å². The number of rotatable bonds is 2. The van der Waals surface area contributed by atoms with Gasteiger partial charge in [-0.05, 0) is 46.6 Å². The van der Waals surface area contributed by atoms with Crippen LogP contribution in [-0.4, -0.2) is 20.4 Å². The molecule has 4 nitrogen and oxygen atoms in total. The normalized spacial score (nSPS) is 10.7. The summed E-state index contributed by atoms with van der Waals surface area (Å²) < 4.78 is 1.12. The minimum Gasteiger partial charge on any atom is -0.278 e. The van der Waals surface area contributed by atoms with Gasteiger partial charge in [-0.2, -0.15) is 10.2 Å². The molecule has 118 valence electrons. The summed E-state index contributed by atoms with van der Waals surface area (Å²) in [5.41, 5.74) is 4.94. The number of hydrogen-bond donors (Lipinski definition) is 2. The third kappa shape index (κ3) is 3.24. The monoisotopic (exact) mass is 418 g/mol. The van der Waals surface area contributed by atoms with Crippen molar-refractivity contribution in [1.29, 1.82) is 0 Å². The lowest BCUT2D eigenvalue weighted by molar-refractivity contribution is 1.07. The van der Waals surface area contributed by atoms with Gasteiger partial charge in [0.15, 0.2) is 0 Å². The van der Waals surface area contributed by atoms with E-state index >= 15 is 0 Å². The van der Waals surface area contributed by atoms with Crippen LogP contribution in [0.15, 0.2) is 42.6 Å². The Morgan fingerprint density at radius 2 is 1.70 bits per heavy atom. The van der Waals surface area contributed by atoms with Gasteiger partial charge in [0.05, 0.1) is 17.2 Å². The molecule has 4 rings (SSSR count). The number of halogens is 1. The quantitative estimate of drug-likeness (QED) is 0.457. The smallest absolute Gasteiger partial charge is 0.104 e. The molecule has 0 aliphatic rings. The number of fused-ring (bicyclic) bond motifs is 2. The first-order valence-corrected chi connectivity index (χ1v) is 8.84. The molecule has 4 aromatic rings. The van der Waals surface area contributed by atoms with E-state index in [1.165, 1.54) is 27.4 Å². The highest BCUT2D eigenvalue weighted by atomic mass is 127. The van der Waals surface area contributed by atoms with Crippen molar-refractivity contribution in [2.45, 2.75) is 26.7 Å². The van der Waals surface area contributed by atoms with Gasteiger partial charge in [0.25, 0.3) is 0 Å². The first kappa shape index (κ1) is 16.0. The minimum atomic E-state index is 1.04. The van der Waals surface area contributed by atoms with Crippen LogP contribution in [0.1, 0.15) is 25.0 Å². The Morgan fingerprint density at radius 3 is 2.48 bits per heavy atom. The number of para-hydroxylation sites is 2. The zero-order valence-corrected chi connectivity index (χ0v) is 15.4. The van der Waals surface area contributed by atoms with E-state index in [1.54, 1.807) is 0 Å². The highest BCUT2D eigenvalue weighted by Crippen LogP contribution is 2.20. The third-order valence-electron chi connectivity index (χ3n) is 3.95. The van der Waals surface area contributed by atoms with Gasteiger partial charge in [0.1, 0.15) is 3.70 Å². The van der Waals surface area contributed by atoms with Crippen molar-refractivity contribution in [3.05, 3.63) is 57.4 Å². The van der Waals surface area contributed by atoms with Gasteiger partial charge in [-0.3, -0.25) is 10.2 Å². The molecular formula is C18H19IN4. The van der Waals surface area contributed by atoms with Crippen molar-refractivity contribution in [1.82, 2.24) is 20.4 Å². The van der Waals surface area contributed by atoms with Crippen LogP contribution >= 0.6 is 22.6 Å². The van der Waals surface area contributed by atoms with Gasteiger partial charge in [-0.1, -0.05) is 50.2 Å². The predicted octanol–water partition coefficient (Wildman–Crippen LogP) is 4.86. The van der Waals surface area contributed by atoms with Gasteiger partial charge in [0, 0.05) is 10.8 Å². The number of benzene rings is 2. The van der Waals surface area contributed by atoms with Crippen LogP contribution in [-0.2, 0) is 12.8 Å². The lowest BCUT2D eigenvalue weighted by Gasteiger charge is -1.95. The largest absolute Gasteiger partial charge is 0.278 e. The maximum atomic E-state index is 4.26. The Hall–Kier alpha value is -1.89. The van der Waals surface area contributed by atoms with E-state index in [4.69, 9.17) is 0 Å². The van der Waals surface area contributed by atoms with E-state index in [9.17, 15) is 0 Å². The van der Waals surface area contributed by atoms with Crippen LogP contribution < -0.4 is 0 Å². The topological polar surface area (TPSA) is 57.4 Å². The van der Waals surface area contributed by atoms with Gasteiger partial charge in [-0.15, -0.1) is 0 Å². The summed E-state index contributed by atoms with van der Waals surface area (Å²) in [4.78, 5) is 0. The molecule has 2 heterocycles. The second kappa shape index (κ2) is 7.12. The number of hydrogen-bond acceptors (Lipinski definition) is 2. The first-order chi connectivity index (χ1) is 11.2. The molecule has 5 heteroatoms. The van der Waals surface area contributed by atoms with Crippen molar-refractivity contribution in [2.24, 2.45) is 0 Å². The fourth-order valence-corrected chi connectivity index (χ4v) is 3.23. The zero-order valence-electron chi connectivity index (χ0n) is 13.2. The van der Waals surface area contributed by atoms with E-state index in [0.717, 1.165) is 22.1 Å². The summed E-state index contributed by atoms with van der Waals surface area (Å²) >= 11 is 2.27. The average Bonchev–Trinajstić information content (AvgIpc) is 3.22. The van der Waals surface area contributed by atoms with Crippen LogP contribution in [0.4, 0.5) is 0 Å². The molecule has 0 unspecified atom stereocenters. The first-order valence-electron chi connectivity index (χ1n) is 7.77. The molecule has 0 fully saturated rings. The minimum absolute atomic E-state index is 1.04. The lowest BCUT2D eigenvalue weighted by atomic mass is 10.1. The second-order valence-electron chi connectivity index (χ2n) is 5.31. The molecule has 0 aliphatic carbocycles. The number of H-pyrrole nitrogens is 2. The Labute approximate surface area is 148 Å². The molecule has 2 N–H and O–H groups in total. The number of aromatic nitrogens is 4.